The molecule has 4 nitrogen and oxygen atoms in total. The molecule has 0 radical (unpaired) electrons. The average molecular weight is 299 g/mol. The van der Waals surface area contributed by atoms with Crippen molar-refractivity contribution in [2.45, 2.75) is 33.1 Å². The van der Waals surface area contributed by atoms with Crippen LogP contribution >= 0.6 is 0 Å². The van der Waals surface area contributed by atoms with Gasteiger partial charge in [0.05, 0.1) is 0 Å². The molecule has 0 unspecified atom stereocenters. The number of amides is 1. The van der Waals surface area contributed by atoms with Crippen molar-refractivity contribution < 1.29 is 15.0 Å². The molecule has 1 amide bonds. The molecule has 0 fully saturated rings. The molecule has 2 aromatic rings. The van der Waals surface area contributed by atoms with Crippen molar-refractivity contribution in [2.24, 2.45) is 0 Å². The highest BCUT2D eigenvalue weighted by atomic mass is 16.3. The highest BCUT2D eigenvalue weighted by molar-refractivity contribution is 6.06. The first-order chi connectivity index (χ1) is 10.2. The molecule has 4 heteroatoms. The zero-order valence-electron chi connectivity index (χ0n) is 13.3. The number of aryl methyl sites for hydroxylation is 1. The third kappa shape index (κ3) is 3.22. The van der Waals surface area contributed by atoms with Gasteiger partial charge in [0, 0.05) is 11.1 Å². The fraction of sp³-hybridized carbons (Fsp3) is 0.278. The largest absolute Gasteiger partial charge is 0.506 e. The van der Waals surface area contributed by atoms with E-state index in [1.54, 1.807) is 24.3 Å². The number of phenolic OH excluding ortho intramolecular Hbond substituents is 2. The predicted octanol–water partition coefficient (Wildman–Crippen LogP) is 3.96. The lowest BCUT2D eigenvalue weighted by Gasteiger charge is -2.22. The molecule has 0 saturated heterocycles. The van der Waals surface area contributed by atoms with Crippen molar-refractivity contribution in [2.75, 3.05) is 5.32 Å². The Morgan fingerprint density at radius 1 is 1.09 bits per heavy atom. The Labute approximate surface area is 130 Å². The van der Waals surface area contributed by atoms with Crippen LogP contribution in [-0.4, -0.2) is 16.1 Å². The molecule has 0 spiro atoms. The first kappa shape index (κ1) is 15.9. The maximum absolute atomic E-state index is 12.3. The number of carbonyl (C=O) groups is 1. The molecule has 3 N–H and O–H groups in total. The summed E-state index contributed by atoms with van der Waals surface area (Å²) in [4.78, 5) is 12.3. The number of rotatable bonds is 2. The summed E-state index contributed by atoms with van der Waals surface area (Å²) in [5, 5.41) is 22.9. The Balaban J connectivity index is 2.39. The molecule has 0 aromatic heterocycles. The second kappa shape index (κ2) is 5.72. The molecule has 0 aliphatic rings. The minimum Gasteiger partial charge on any atom is -0.506 e. The lowest BCUT2D eigenvalue weighted by atomic mass is 9.86. The van der Waals surface area contributed by atoms with Gasteiger partial charge in [0.15, 0.2) is 0 Å². The van der Waals surface area contributed by atoms with Crippen LogP contribution in [0.3, 0.4) is 0 Å². The quantitative estimate of drug-likeness (QED) is 0.735. The molecule has 2 rings (SSSR count). The van der Waals surface area contributed by atoms with Crippen molar-refractivity contribution in [3.63, 3.8) is 0 Å². The Bertz CT molecular complexity index is 715. The van der Waals surface area contributed by atoms with Crippen LogP contribution < -0.4 is 5.32 Å². The lowest BCUT2D eigenvalue weighted by molar-refractivity contribution is 0.102. The molecule has 0 heterocycles. The monoisotopic (exact) mass is 299 g/mol. The van der Waals surface area contributed by atoms with Gasteiger partial charge in [0.2, 0.25) is 0 Å². The van der Waals surface area contributed by atoms with E-state index in [1.165, 1.54) is 6.07 Å². The number of hydrogen-bond acceptors (Lipinski definition) is 3. The van der Waals surface area contributed by atoms with Gasteiger partial charge in [-0.2, -0.15) is 0 Å². The van der Waals surface area contributed by atoms with Gasteiger partial charge in [-0.15, -0.1) is 0 Å². The second-order valence-corrected chi connectivity index (χ2v) is 6.43. The van der Waals surface area contributed by atoms with Crippen LogP contribution in [0.4, 0.5) is 5.69 Å². The molecule has 22 heavy (non-hydrogen) atoms. The summed E-state index contributed by atoms with van der Waals surface area (Å²) < 4.78 is 0. The Morgan fingerprint density at radius 2 is 1.77 bits per heavy atom. The molecule has 0 aliphatic carbocycles. The van der Waals surface area contributed by atoms with E-state index in [1.807, 2.05) is 33.8 Å². The lowest BCUT2D eigenvalue weighted by Crippen LogP contribution is -2.15. The first-order valence-electron chi connectivity index (χ1n) is 7.13. The van der Waals surface area contributed by atoms with Crippen LogP contribution in [0.25, 0.3) is 0 Å². The van der Waals surface area contributed by atoms with Crippen LogP contribution in [0.1, 0.15) is 42.3 Å². The smallest absolute Gasteiger partial charge is 0.255 e. The van der Waals surface area contributed by atoms with Crippen molar-refractivity contribution in [1.29, 1.82) is 0 Å². The van der Waals surface area contributed by atoms with Gasteiger partial charge in [-0.25, -0.2) is 0 Å². The average Bonchev–Trinajstić information content (AvgIpc) is 2.41. The maximum atomic E-state index is 12.3. The van der Waals surface area contributed by atoms with Crippen molar-refractivity contribution >= 4 is 11.6 Å². The van der Waals surface area contributed by atoms with Crippen molar-refractivity contribution in [3.05, 3.63) is 53.1 Å². The first-order valence-corrected chi connectivity index (χ1v) is 7.13. The Morgan fingerprint density at radius 3 is 2.36 bits per heavy atom. The molecule has 0 atom stereocenters. The molecular formula is C18H21NO3. The summed E-state index contributed by atoms with van der Waals surface area (Å²) in [5.41, 5.74) is 1.83. The van der Waals surface area contributed by atoms with Crippen LogP contribution in [0, 0.1) is 6.92 Å². The third-order valence-corrected chi connectivity index (χ3v) is 3.48. The van der Waals surface area contributed by atoms with Gasteiger partial charge >= 0.3 is 0 Å². The van der Waals surface area contributed by atoms with Gasteiger partial charge in [-0.05, 0) is 30.5 Å². The highest BCUT2D eigenvalue weighted by Crippen LogP contribution is 2.41. The Hall–Kier alpha value is -2.49. The van der Waals surface area contributed by atoms with Gasteiger partial charge < -0.3 is 15.5 Å². The fourth-order valence-electron chi connectivity index (χ4n) is 2.28. The zero-order chi connectivity index (χ0) is 16.5. The molecule has 0 bridgehead atoms. The van der Waals surface area contributed by atoms with E-state index in [-0.39, 0.29) is 28.5 Å². The van der Waals surface area contributed by atoms with Crippen molar-refractivity contribution in [3.8, 4) is 11.5 Å². The number of phenols is 2. The standard InChI is InChI=1S/C18H21NO3/c1-11-6-5-7-12(10-11)17(22)19-15-14(20)9-8-13(16(15)21)18(2,3)4/h5-10,20-21H,1-4H3,(H,19,22). The van der Waals surface area contributed by atoms with Crippen LogP contribution in [-0.2, 0) is 5.41 Å². The number of anilines is 1. The summed E-state index contributed by atoms with van der Waals surface area (Å²) >= 11 is 0. The van der Waals surface area contributed by atoms with E-state index < -0.39 is 0 Å². The number of benzene rings is 2. The SMILES string of the molecule is Cc1cccc(C(=O)Nc2c(O)ccc(C(C)(C)C)c2O)c1. The summed E-state index contributed by atoms with van der Waals surface area (Å²) in [5.74, 6) is -0.639. The second-order valence-electron chi connectivity index (χ2n) is 6.43. The summed E-state index contributed by atoms with van der Waals surface area (Å²) in [6.45, 7) is 7.74. The normalized spacial score (nSPS) is 11.3. The number of nitrogens with one attached hydrogen (secondary N) is 1. The van der Waals surface area contributed by atoms with Crippen molar-refractivity contribution in [1.82, 2.24) is 0 Å². The predicted molar refractivity (Wildman–Crippen MR) is 87.6 cm³/mol. The molecular weight excluding hydrogens is 278 g/mol. The van der Waals surface area contributed by atoms with Crippen LogP contribution in [0.5, 0.6) is 11.5 Å². The van der Waals surface area contributed by atoms with Crippen LogP contribution in [0.2, 0.25) is 0 Å². The third-order valence-electron chi connectivity index (χ3n) is 3.48. The zero-order valence-corrected chi connectivity index (χ0v) is 13.3. The minimum absolute atomic E-state index is 0.0407. The molecule has 116 valence electrons. The van der Waals surface area contributed by atoms with Gasteiger partial charge in [0.25, 0.3) is 5.91 Å². The summed E-state index contributed by atoms with van der Waals surface area (Å²) in [6, 6.07) is 10.3. The number of hydrogen-bond donors (Lipinski definition) is 3. The van der Waals surface area contributed by atoms with E-state index in [9.17, 15) is 15.0 Å². The fourth-order valence-corrected chi connectivity index (χ4v) is 2.28. The van der Waals surface area contributed by atoms with Gasteiger partial charge in [0.1, 0.15) is 17.2 Å². The van der Waals surface area contributed by atoms with E-state index in [0.717, 1.165) is 5.56 Å². The van der Waals surface area contributed by atoms with Gasteiger partial charge in [-0.1, -0.05) is 44.5 Å². The van der Waals surface area contributed by atoms with Crippen LogP contribution in [0.15, 0.2) is 36.4 Å². The molecule has 0 aliphatic heterocycles. The van der Waals surface area contributed by atoms with Gasteiger partial charge in [-0.3, -0.25) is 4.79 Å². The summed E-state index contributed by atoms with van der Waals surface area (Å²) in [7, 11) is 0. The van der Waals surface area contributed by atoms with E-state index >= 15 is 0 Å². The van der Waals surface area contributed by atoms with E-state index in [0.29, 0.717) is 11.1 Å². The minimum atomic E-state index is -0.375. The summed E-state index contributed by atoms with van der Waals surface area (Å²) in [6.07, 6.45) is 0. The molecule has 0 saturated carbocycles. The van der Waals surface area contributed by atoms with E-state index in [4.69, 9.17) is 0 Å². The number of aromatic hydroxyl groups is 2. The molecule has 2 aromatic carbocycles. The highest BCUT2D eigenvalue weighted by Gasteiger charge is 2.23. The topological polar surface area (TPSA) is 69.6 Å². The van der Waals surface area contributed by atoms with E-state index in [2.05, 4.69) is 5.32 Å². The maximum Gasteiger partial charge on any atom is 0.255 e. The number of carbonyl (C=O) groups excluding carboxylic acids is 1. The Kier molecular flexibility index (Phi) is 4.13.